The third kappa shape index (κ3) is 4.25. The molecule has 1 aromatic heterocycles. The second-order valence-corrected chi connectivity index (χ2v) is 5.42. The second kappa shape index (κ2) is 7.49. The molecule has 0 saturated heterocycles. The van der Waals surface area contributed by atoms with Crippen molar-refractivity contribution < 1.29 is 19.4 Å². The first kappa shape index (κ1) is 17.3. The maximum absolute atomic E-state index is 12.2. The molecule has 128 valence electrons. The lowest BCUT2D eigenvalue weighted by atomic mass is 10.2. The Balaban J connectivity index is 2.15. The van der Waals surface area contributed by atoms with Crippen LogP contribution in [0.4, 0.5) is 10.5 Å². The van der Waals surface area contributed by atoms with Gasteiger partial charge in [-0.25, -0.2) is 9.48 Å². The van der Waals surface area contributed by atoms with Gasteiger partial charge >= 0.3 is 12.0 Å². The Morgan fingerprint density at radius 2 is 2.17 bits per heavy atom. The van der Waals surface area contributed by atoms with Crippen molar-refractivity contribution in [2.75, 3.05) is 26.0 Å². The van der Waals surface area contributed by atoms with Crippen molar-refractivity contribution in [1.82, 2.24) is 14.7 Å². The fourth-order valence-electron chi connectivity index (χ4n) is 2.12. The monoisotopic (exact) mass is 332 g/mol. The molecule has 24 heavy (non-hydrogen) atoms. The molecule has 2 rings (SSSR count). The van der Waals surface area contributed by atoms with Crippen LogP contribution in [0.15, 0.2) is 36.7 Å². The molecular formula is C16H20N4O4. The molecule has 1 heterocycles. The number of hydrogen-bond donors (Lipinski definition) is 2. The van der Waals surface area contributed by atoms with Gasteiger partial charge in [0.25, 0.3) is 0 Å². The fourth-order valence-corrected chi connectivity index (χ4v) is 2.12. The van der Waals surface area contributed by atoms with Gasteiger partial charge in [0.05, 0.1) is 18.7 Å². The van der Waals surface area contributed by atoms with E-state index < -0.39 is 17.9 Å². The van der Waals surface area contributed by atoms with Crippen LogP contribution in [0.3, 0.4) is 0 Å². The van der Waals surface area contributed by atoms with Crippen LogP contribution in [-0.2, 0) is 4.79 Å². The maximum atomic E-state index is 12.2. The number of carbonyl (C=O) groups is 2. The van der Waals surface area contributed by atoms with E-state index in [-0.39, 0.29) is 6.54 Å². The predicted molar refractivity (Wildman–Crippen MR) is 88.6 cm³/mol. The van der Waals surface area contributed by atoms with Gasteiger partial charge in [-0.3, -0.25) is 4.79 Å². The van der Waals surface area contributed by atoms with E-state index >= 15 is 0 Å². The summed E-state index contributed by atoms with van der Waals surface area (Å²) in [6.45, 7) is 1.66. The molecule has 8 nitrogen and oxygen atoms in total. The van der Waals surface area contributed by atoms with Gasteiger partial charge in [-0.05, 0) is 12.1 Å². The highest BCUT2D eigenvalue weighted by atomic mass is 16.5. The minimum absolute atomic E-state index is 0.108. The topological polar surface area (TPSA) is 96.7 Å². The first-order valence-corrected chi connectivity index (χ1v) is 7.34. The van der Waals surface area contributed by atoms with Crippen molar-refractivity contribution in [2.24, 2.45) is 5.92 Å². The van der Waals surface area contributed by atoms with Crippen LogP contribution in [0.1, 0.15) is 6.92 Å². The van der Waals surface area contributed by atoms with Crippen molar-refractivity contribution in [3.05, 3.63) is 36.7 Å². The van der Waals surface area contributed by atoms with E-state index in [1.54, 1.807) is 55.3 Å². The minimum atomic E-state index is -0.947. The lowest BCUT2D eigenvalue weighted by molar-refractivity contribution is -0.141. The number of aliphatic carboxylic acids is 1. The molecule has 1 unspecified atom stereocenters. The Morgan fingerprint density at radius 3 is 2.75 bits per heavy atom. The number of aromatic nitrogens is 2. The Hall–Kier alpha value is -3.03. The third-order valence-electron chi connectivity index (χ3n) is 3.46. The zero-order chi connectivity index (χ0) is 17.7. The molecule has 0 bridgehead atoms. The summed E-state index contributed by atoms with van der Waals surface area (Å²) in [5, 5.41) is 15.8. The summed E-state index contributed by atoms with van der Waals surface area (Å²) >= 11 is 0. The van der Waals surface area contributed by atoms with E-state index in [1.807, 2.05) is 0 Å². The van der Waals surface area contributed by atoms with Crippen LogP contribution in [0, 0.1) is 5.92 Å². The van der Waals surface area contributed by atoms with Gasteiger partial charge in [0.15, 0.2) is 0 Å². The molecule has 0 spiro atoms. The standard InChI is InChI=1S/C16H20N4O4/c1-11(15(21)22)10-19(2)16(23)18-12-7-13(9-14(8-12)24-3)20-6-4-5-17-20/h4-9,11H,10H2,1-3H3,(H,18,23)(H,21,22). The number of benzene rings is 1. The molecule has 1 aromatic carbocycles. The van der Waals surface area contributed by atoms with Crippen molar-refractivity contribution in [2.45, 2.75) is 6.92 Å². The number of anilines is 1. The van der Waals surface area contributed by atoms with E-state index in [2.05, 4.69) is 10.4 Å². The summed E-state index contributed by atoms with van der Waals surface area (Å²) in [5.74, 6) is -1.03. The number of nitrogens with zero attached hydrogens (tertiary/aromatic N) is 3. The summed E-state index contributed by atoms with van der Waals surface area (Å²) in [5.41, 5.74) is 1.26. The minimum Gasteiger partial charge on any atom is -0.497 e. The first-order valence-electron chi connectivity index (χ1n) is 7.34. The average Bonchev–Trinajstić information content (AvgIpc) is 3.08. The normalized spacial score (nSPS) is 11.6. The quantitative estimate of drug-likeness (QED) is 0.844. The summed E-state index contributed by atoms with van der Waals surface area (Å²) in [4.78, 5) is 24.4. The Labute approximate surface area is 139 Å². The van der Waals surface area contributed by atoms with Gasteiger partial charge in [0.2, 0.25) is 0 Å². The smallest absolute Gasteiger partial charge is 0.321 e. The first-order chi connectivity index (χ1) is 11.4. The number of carboxylic acid groups (broad SMARTS) is 1. The van der Waals surface area contributed by atoms with Gasteiger partial charge in [-0.2, -0.15) is 5.10 Å². The number of carboxylic acids is 1. The predicted octanol–water partition coefficient (Wildman–Crippen LogP) is 2.07. The molecule has 2 aromatic rings. The van der Waals surface area contributed by atoms with Crippen LogP contribution in [-0.4, -0.2) is 52.5 Å². The largest absolute Gasteiger partial charge is 0.497 e. The van der Waals surface area contributed by atoms with Gasteiger partial charge in [0.1, 0.15) is 5.75 Å². The molecule has 2 amide bonds. The van der Waals surface area contributed by atoms with Crippen molar-refractivity contribution >= 4 is 17.7 Å². The maximum Gasteiger partial charge on any atom is 0.321 e. The highest BCUT2D eigenvalue weighted by Crippen LogP contribution is 2.23. The summed E-state index contributed by atoms with van der Waals surface area (Å²) in [6, 6.07) is 6.61. The Bertz CT molecular complexity index is 715. The number of ether oxygens (including phenoxy) is 1. The van der Waals surface area contributed by atoms with E-state index in [0.717, 1.165) is 5.69 Å². The molecule has 8 heteroatoms. The number of amides is 2. The summed E-state index contributed by atoms with van der Waals surface area (Å²) < 4.78 is 6.90. The Morgan fingerprint density at radius 1 is 1.42 bits per heavy atom. The van der Waals surface area contributed by atoms with E-state index in [0.29, 0.717) is 11.4 Å². The second-order valence-electron chi connectivity index (χ2n) is 5.42. The van der Waals surface area contributed by atoms with E-state index in [4.69, 9.17) is 9.84 Å². The number of carbonyl (C=O) groups excluding carboxylic acids is 1. The van der Waals surface area contributed by atoms with Crippen LogP contribution in [0.5, 0.6) is 5.75 Å². The highest BCUT2D eigenvalue weighted by Gasteiger charge is 2.17. The number of nitrogens with one attached hydrogen (secondary N) is 1. The van der Waals surface area contributed by atoms with Gasteiger partial charge in [-0.15, -0.1) is 0 Å². The molecule has 0 aliphatic carbocycles. The average molecular weight is 332 g/mol. The van der Waals surface area contributed by atoms with Crippen molar-refractivity contribution in [3.63, 3.8) is 0 Å². The molecule has 1 atom stereocenters. The fraction of sp³-hybridized carbons (Fsp3) is 0.312. The third-order valence-corrected chi connectivity index (χ3v) is 3.46. The molecule has 0 radical (unpaired) electrons. The van der Waals surface area contributed by atoms with Crippen LogP contribution in [0.25, 0.3) is 5.69 Å². The zero-order valence-electron chi connectivity index (χ0n) is 13.8. The van der Waals surface area contributed by atoms with Gasteiger partial charge in [-0.1, -0.05) is 6.92 Å². The number of methoxy groups -OCH3 is 1. The van der Waals surface area contributed by atoms with Crippen molar-refractivity contribution in [1.29, 1.82) is 0 Å². The molecule has 0 aliphatic heterocycles. The Kier molecular flexibility index (Phi) is 5.41. The highest BCUT2D eigenvalue weighted by molar-refractivity contribution is 5.90. The van der Waals surface area contributed by atoms with Gasteiger partial charge < -0.3 is 20.1 Å². The molecule has 0 aliphatic rings. The number of hydrogen-bond acceptors (Lipinski definition) is 4. The summed E-state index contributed by atoms with van der Waals surface area (Å²) in [6.07, 6.45) is 3.43. The van der Waals surface area contributed by atoms with Crippen LogP contribution in [0.2, 0.25) is 0 Å². The molecular weight excluding hydrogens is 312 g/mol. The molecule has 0 saturated carbocycles. The van der Waals surface area contributed by atoms with Gasteiger partial charge in [0, 0.05) is 43.8 Å². The van der Waals surface area contributed by atoms with Crippen LogP contribution < -0.4 is 10.1 Å². The SMILES string of the molecule is COc1cc(NC(=O)N(C)CC(C)C(=O)O)cc(-n2cccn2)c1. The van der Waals surface area contributed by atoms with Crippen molar-refractivity contribution in [3.8, 4) is 11.4 Å². The number of urea groups is 1. The van der Waals surface area contributed by atoms with Crippen LogP contribution >= 0.6 is 0 Å². The summed E-state index contributed by atoms with van der Waals surface area (Å²) in [7, 11) is 3.08. The van der Waals surface area contributed by atoms with E-state index in [1.165, 1.54) is 12.0 Å². The molecule has 2 N–H and O–H groups in total. The zero-order valence-corrected chi connectivity index (χ0v) is 13.8. The molecule has 0 fully saturated rings. The lowest BCUT2D eigenvalue weighted by Crippen LogP contribution is -2.36. The lowest BCUT2D eigenvalue weighted by Gasteiger charge is -2.20. The number of rotatable bonds is 6. The van der Waals surface area contributed by atoms with E-state index in [9.17, 15) is 9.59 Å².